The molecule has 2 N–H and O–H groups in total. The van der Waals surface area contributed by atoms with Gasteiger partial charge in [-0.15, -0.1) is 0 Å². The van der Waals surface area contributed by atoms with Crippen molar-refractivity contribution in [2.24, 2.45) is 5.73 Å². The molecule has 2 unspecified atom stereocenters. The van der Waals surface area contributed by atoms with Crippen LogP contribution in [-0.4, -0.2) is 29.9 Å². The molecule has 1 aliphatic rings. The van der Waals surface area contributed by atoms with Gasteiger partial charge in [0.2, 0.25) is 5.91 Å². The van der Waals surface area contributed by atoms with Crippen LogP contribution in [0.25, 0.3) is 0 Å². The van der Waals surface area contributed by atoms with Gasteiger partial charge in [-0.25, -0.2) is 0 Å². The molecule has 0 aliphatic carbocycles. The van der Waals surface area contributed by atoms with E-state index in [2.05, 4.69) is 0 Å². The molecular weight excluding hydrogens is 269 g/mol. The van der Waals surface area contributed by atoms with Crippen molar-refractivity contribution in [2.45, 2.75) is 31.5 Å². The van der Waals surface area contributed by atoms with Crippen LogP contribution in [-0.2, 0) is 11.0 Å². The monoisotopic (exact) mass is 286 g/mol. The van der Waals surface area contributed by atoms with Crippen molar-refractivity contribution in [2.75, 3.05) is 13.1 Å². The average molecular weight is 286 g/mol. The summed E-state index contributed by atoms with van der Waals surface area (Å²) >= 11 is 0. The Morgan fingerprint density at radius 3 is 2.55 bits per heavy atom. The first-order valence-corrected chi connectivity index (χ1v) is 6.48. The Kier molecular flexibility index (Phi) is 4.04. The van der Waals surface area contributed by atoms with Gasteiger partial charge < -0.3 is 10.6 Å². The van der Waals surface area contributed by atoms with E-state index in [1.165, 1.54) is 19.1 Å². The molecular formula is C14H17F3N2O. The molecule has 1 aliphatic heterocycles. The van der Waals surface area contributed by atoms with E-state index in [-0.39, 0.29) is 17.4 Å². The second-order valence-electron chi connectivity index (χ2n) is 5.11. The van der Waals surface area contributed by atoms with Crippen LogP contribution in [0.15, 0.2) is 24.3 Å². The molecule has 2 atom stereocenters. The number of carbonyl (C=O) groups excluding carboxylic acids is 1. The third kappa shape index (κ3) is 2.95. The fourth-order valence-corrected chi connectivity index (χ4v) is 2.73. The third-order valence-corrected chi connectivity index (χ3v) is 3.77. The van der Waals surface area contributed by atoms with Gasteiger partial charge in [-0.3, -0.25) is 4.79 Å². The van der Waals surface area contributed by atoms with Gasteiger partial charge in [0.1, 0.15) is 0 Å². The Morgan fingerprint density at radius 2 is 2.00 bits per heavy atom. The normalized spacial score (nSPS) is 23.8. The number of carbonyl (C=O) groups is 1. The van der Waals surface area contributed by atoms with Gasteiger partial charge in [-0.05, 0) is 18.1 Å². The fourth-order valence-electron chi connectivity index (χ4n) is 2.73. The zero-order valence-corrected chi connectivity index (χ0v) is 11.2. The molecule has 110 valence electrons. The number of likely N-dealkylation sites (tertiary alicyclic amines) is 1. The maximum absolute atomic E-state index is 13.0. The Hall–Kier alpha value is -1.56. The number of hydrogen-bond acceptors (Lipinski definition) is 2. The van der Waals surface area contributed by atoms with Crippen molar-refractivity contribution in [3.63, 3.8) is 0 Å². The number of nitrogens with two attached hydrogens (primary N) is 1. The molecule has 0 bridgehead atoms. The molecule has 3 nitrogen and oxygen atoms in total. The highest BCUT2D eigenvalue weighted by Gasteiger charge is 2.38. The zero-order valence-electron chi connectivity index (χ0n) is 11.2. The summed E-state index contributed by atoms with van der Waals surface area (Å²) in [5.41, 5.74) is 5.59. The summed E-state index contributed by atoms with van der Waals surface area (Å²) in [6.07, 6.45) is -3.93. The standard InChI is InChI=1S/C14H17F3N2O/c1-9(20)19-7-6-11(13(18)8-19)10-4-2-3-5-12(10)14(15,16)17/h2-5,11,13H,6-8,18H2,1H3. The van der Waals surface area contributed by atoms with E-state index in [4.69, 9.17) is 5.73 Å². The largest absolute Gasteiger partial charge is 0.416 e. The minimum absolute atomic E-state index is 0.0944. The lowest BCUT2D eigenvalue weighted by Crippen LogP contribution is -2.49. The van der Waals surface area contributed by atoms with Crippen LogP contribution >= 0.6 is 0 Å². The van der Waals surface area contributed by atoms with E-state index < -0.39 is 17.8 Å². The van der Waals surface area contributed by atoms with E-state index in [0.717, 1.165) is 6.07 Å². The van der Waals surface area contributed by atoms with Crippen LogP contribution in [0.5, 0.6) is 0 Å². The summed E-state index contributed by atoms with van der Waals surface area (Å²) in [4.78, 5) is 12.9. The van der Waals surface area contributed by atoms with Crippen LogP contribution in [0.3, 0.4) is 0 Å². The predicted octanol–water partition coefficient (Wildman–Crippen LogP) is 2.37. The number of benzene rings is 1. The molecule has 1 aromatic carbocycles. The number of amides is 1. The molecule has 2 rings (SSSR count). The molecule has 20 heavy (non-hydrogen) atoms. The van der Waals surface area contributed by atoms with Crippen LogP contribution < -0.4 is 5.73 Å². The molecule has 1 saturated heterocycles. The summed E-state index contributed by atoms with van der Waals surface area (Å²) in [5.74, 6) is -0.466. The first-order chi connectivity index (χ1) is 9.30. The highest BCUT2D eigenvalue weighted by molar-refractivity contribution is 5.73. The minimum Gasteiger partial charge on any atom is -0.341 e. The van der Waals surface area contributed by atoms with Crippen molar-refractivity contribution in [1.29, 1.82) is 0 Å². The van der Waals surface area contributed by atoms with Gasteiger partial charge in [0.25, 0.3) is 0 Å². The maximum atomic E-state index is 13.0. The molecule has 1 fully saturated rings. The molecule has 1 amide bonds. The van der Waals surface area contributed by atoms with Gasteiger partial charge >= 0.3 is 6.18 Å². The highest BCUT2D eigenvalue weighted by Crippen LogP contribution is 2.38. The van der Waals surface area contributed by atoms with Crippen molar-refractivity contribution < 1.29 is 18.0 Å². The van der Waals surface area contributed by atoms with E-state index in [1.807, 2.05) is 0 Å². The SMILES string of the molecule is CC(=O)N1CCC(c2ccccc2C(F)(F)F)C(N)C1. The molecule has 6 heteroatoms. The lowest BCUT2D eigenvalue weighted by Gasteiger charge is -2.37. The number of halogens is 3. The van der Waals surface area contributed by atoms with Gasteiger partial charge in [0.15, 0.2) is 0 Å². The summed E-state index contributed by atoms with van der Waals surface area (Å²) in [6.45, 7) is 2.18. The van der Waals surface area contributed by atoms with E-state index in [9.17, 15) is 18.0 Å². The average Bonchev–Trinajstić information content (AvgIpc) is 2.37. The van der Waals surface area contributed by atoms with Crippen molar-refractivity contribution >= 4 is 5.91 Å². The van der Waals surface area contributed by atoms with Crippen LogP contribution in [0.4, 0.5) is 13.2 Å². The van der Waals surface area contributed by atoms with Crippen molar-refractivity contribution in [1.82, 2.24) is 4.90 Å². The molecule has 0 saturated carbocycles. The molecule has 0 spiro atoms. The van der Waals surface area contributed by atoms with Crippen molar-refractivity contribution in [3.8, 4) is 0 Å². The lowest BCUT2D eigenvalue weighted by atomic mass is 9.83. The van der Waals surface area contributed by atoms with Gasteiger partial charge in [-0.2, -0.15) is 13.2 Å². The van der Waals surface area contributed by atoms with Crippen molar-refractivity contribution in [3.05, 3.63) is 35.4 Å². The number of rotatable bonds is 1. The van der Waals surface area contributed by atoms with E-state index in [0.29, 0.717) is 19.5 Å². The number of hydrogen-bond donors (Lipinski definition) is 1. The first-order valence-electron chi connectivity index (χ1n) is 6.48. The Labute approximate surface area is 115 Å². The summed E-state index contributed by atoms with van der Waals surface area (Å²) in [6, 6.07) is 5.06. The third-order valence-electron chi connectivity index (χ3n) is 3.77. The van der Waals surface area contributed by atoms with Crippen LogP contribution in [0.2, 0.25) is 0 Å². The number of nitrogens with zero attached hydrogens (tertiary/aromatic N) is 1. The molecule has 0 aromatic heterocycles. The van der Waals surface area contributed by atoms with Crippen LogP contribution in [0.1, 0.15) is 30.4 Å². The number of alkyl halides is 3. The quantitative estimate of drug-likeness (QED) is 0.861. The first kappa shape index (κ1) is 14.8. The van der Waals surface area contributed by atoms with Gasteiger partial charge in [-0.1, -0.05) is 18.2 Å². The summed E-state index contributed by atoms with van der Waals surface area (Å²) in [5, 5.41) is 0. The van der Waals surface area contributed by atoms with E-state index >= 15 is 0 Å². The molecule has 1 heterocycles. The Bertz CT molecular complexity index is 501. The second-order valence-corrected chi connectivity index (χ2v) is 5.11. The number of piperidine rings is 1. The maximum Gasteiger partial charge on any atom is 0.416 e. The lowest BCUT2D eigenvalue weighted by molar-refractivity contribution is -0.139. The molecule has 1 aromatic rings. The topological polar surface area (TPSA) is 46.3 Å². The summed E-state index contributed by atoms with van der Waals surface area (Å²) < 4.78 is 39.1. The fraction of sp³-hybridized carbons (Fsp3) is 0.500. The minimum atomic E-state index is -4.38. The summed E-state index contributed by atoms with van der Waals surface area (Å²) in [7, 11) is 0. The smallest absolute Gasteiger partial charge is 0.341 e. The molecule has 0 radical (unpaired) electrons. The van der Waals surface area contributed by atoms with Gasteiger partial charge in [0, 0.05) is 32.0 Å². The van der Waals surface area contributed by atoms with Gasteiger partial charge in [0.05, 0.1) is 5.56 Å². The Balaban J connectivity index is 2.27. The van der Waals surface area contributed by atoms with E-state index in [1.54, 1.807) is 11.0 Å². The zero-order chi connectivity index (χ0) is 14.9. The Morgan fingerprint density at radius 1 is 1.35 bits per heavy atom. The van der Waals surface area contributed by atoms with Crippen LogP contribution in [0, 0.1) is 0 Å². The predicted molar refractivity (Wildman–Crippen MR) is 69.0 cm³/mol. The second kappa shape index (κ2) is 5.44. The highest BCUT2D eigenvalue weighted by atomic mass is 19.4.